The molecule has 0 unspecified atom stereocenters. The summed E-state index contributed by atoms with van der Waals surface area (Å²) < 4.78 is 60.8. The van der Waals surface area contributed by atoms with Crippen LogP contribution in [0.1, 0.15) is 59.5 Å². The molecule has 4 aromatic rings. The Morgan fingerprint density at radius 2 is 1.03 bits per heavy atom. The van der Waals surface area contributed by atoms with Gasteiger partial charge in [-0.2, -0.15) is 5.26 Å². The molecule has 2 saturated heterocycles. The molecule has 2 spiro atoms. The number of fused-ring (bicyclic) bond motifs is 4. The van der Waals surface area contributed by atoms with Crippen molar-refractivity contribution in [1.29, 1.82) is 10.5 Å². The first-order valence-electron chi connectivity index (χ1n) is 20.7. The molecule has 6 aliphatic rings. The number of ether oxygens (including phenoxy) is 5. The molecule has 2 aliphatic heterocycles. The number of nitriles is 2. The summed E-state index contributed by atoms with van der Waals surface area (Å²) in [5.74, 6) is -9.62. The molecule has 15 heteroatoms. The van der Waals surface area contributed by atoms with Crippen LogP contribution < -0.4 is 11.5 Å². The number of methoxy groups -OCH3 is 1. The van der Waals surface area contributed by atoms with Gasteiger partial charge in [0.15, 0.2) is 19.6 Å². The van der Waals surface area contributed by atoms with Crippen LogP contribution in [0.15, 0.2) is 121 Å². The molecule has 4 aliphatic carbocycles. The number of hydrogen-bond acceptors (Lipinski definition) is 11. The zero-order valence-electron chi connectivity index (χ0n) is 35.2. The largest absolute Gasteiger partial charge is 0.467 e. The van der Waals surface area contributed by atoms with Gasteiger partial charge in [0, 0.05) is 18.0 Å². The number of primary amides is 1. The average molecular weight is 875 g/mol. The van der Waals surface area contributed by atoms with Gasteiger partial charge in [0.25, 0.3) is 5.91 Å². The van der Waals surface area contributed by atoms with Crippen LogP contribution in [0.2, 0.25) is 19.6 Å². The lowest BCUT2D eigenvalue weighted by molar-refractivity contribution is -0.200. The summed E-state index contributed by atoms with van der Waals surface area (Å²) >= 11 is 0. The van der Waals surface area contributed by atoms with Gasteiger partial charge in [-0.1, -0.05) is 141 Å². The Morgan fingerprint density at radius 3 is 1.35 bits per heavy atom. The fraction of sp³-hybridized carbons (Fsp3) is 0.396. The lowest BCUT2D eigenvalue weighted by atomic mass is 9.90. The second-order valence-electron chi connectivity index (χ2n) is 18.1. The summed E-state index contributed by atoms with van der Waals surface area (Å²) in [5.41, 5.74) is 10.8. The highest BCUT2D eigenvalue weighted by atomic mass is 28.3. The number of Topliss-reactive ketones (excluding diaryl/α,β-unsaturated/α-hetero) is 1. The van der Waals surface area contributed by atoms with Crippen LogP contribution >= 0.6 is 0 Å². The van der Waals surface area contributed by atoms with E-state index in [2.05, 4.69) is 10.4 Å². The van der Waals surface area contributed by atoms with Crippen molar-refractivity contribution in [3.8, 4) is 11.8 Å². The Hall–Kier alpha value is -5.65. The Kier molecular flexibility index (Phi) is 11.1. The quantitative estimate of drug-likeness (QED) is 0.150. The smallest absolute Gasteiger partial charge is 0.344 e. The van der Waals surface area contributed by atoms with Gasteiger partial charge in [-0.3, -0.25) is 9.59 Å². The number of carbonyl (C=O) groups excluding carboxylic acids is 3. The van der Waals surface area contributed by atoms with Crippen LogP contribution in [-0.4, -0.2) is 61.3 Å². The predicted molar refractivity (Wildman–Crippen MR) is 225 cm³/mol. The van der Waals surface area contributed by atoms with E-state index in [1.807, 2.05) is 147 Å². The second-order valence-corrected chi connectivity index (χ2v) is 22.8. The van der Waals surface area contributed by atoms with Crippen LogP contribution in [0.5, 0.6) is 0 Å². The van der Waals surface area contributed by atoms with Crippen molar-refractivity contribution in [1.82, 2.24) is 0 Å². The van der Waals surface area contributed by atoms with E-state index in [-0.39, 0.29) is 18.6 Å². The maximum atomic E-state index is 15.5. The summed E-state index contributed by atoms with van der Waals surface area (Å²) in [6.07, 6.45) is -2.22. The third kappa shape index (κ3) is 7.27. The lowest BCUT2D eigenvalue weighted by Crippen LogP contribution is -2.51. The van der Waals surface area contributed by atoms with Gasteiger partial charge >= 0.3 is 5.97 Å². The first-order valence-corrected chi connectivity index (χ1v) is 24.2. The number of nitrogens with two attached hydrogens (primary N) is 2. The first kappa shape index (κ1) is 44.0. The van der Waals surface area contributed by atoms with E-state index in [4.69, 9.17) is 35.7 Å². The summed E-state index contributed by atoms with van der Waals surface area (Å²) in [6, 6.07) is 39.9. The van der Waals surface area contributed by atoms with Crippen molar-refractivity contribution in [2.45, 2.75) is 85.3 Å². The van der Waals surface area contributed by atoms with Crippen molar-refractivity contribution in [2.24, 2.45) is 35.1 Å². The molecule has 0 radical (unpaired) electrons. The molecule has 11 atom stereocenters. The Morgan fingerprint density at radius 1 is 0.667 bits per heavy atom. The number of benzene rings is 4. The van der Waals surface area contributed by atoms with Gasteiger partial charge in [-0.05, 0) is 22.3 Å². The fourth-order valence-electron chi connectivity index (χ4n) is 10.0. The molecule has 63 heavy (non-hydrogen) atoms. The molecule has 12 nitrogen and oxygen atoms in total. The van der Waals surface area contributed by atoms with Crippen molar-refractivity contribution in [2.75, 3.05) is 7.11 Å². The molecule has 2 heterocycles. The number of carbonyl (C=O) groups is 3. The first-order chi connectivity index (χ1) is 29.9. The zero-order valence-corrected chi connectivity index (χ0v) is 36.2. The normalized spacial score (nSPS) is 34.5. The minimum Gasteiger partial charge on any atom is -0.467 e. The van der Waals surface area contributed by atoms with Crippen LogP contribution in [0.4, 0.5) is 8.78 Å². The van der Waals surface area contributed by atoms with Crippen LogP contribution in [-0.2, 0) is 38.1 Å². The number of halogens is 2. The average Bonchev–Trinajstić information content (AvgIpc) is 3.84. The third-order valence-corrected chi connectivity index (χ3v) is 13.5. The predicted octanol–water partition coefficient (Wildman–Crippen LogP) is 6.98. The van der Waals surface area contributed by atoms with E-state index >= 15 is 8.78 Å². The van der Waals surface area contributed by atoms with E-state index in [0.29, 0.717) is 0 Å². The topological polar surface area (TPSA) is 197 Å². The molecule has 10 rings (SSSR count). The Bertz CT molecular complexity index is 2380. The fourth-order valence-corrected chi connectivity index (χ4v) is 10.0. The van der Waals surface area contributed by atoms with Gasteiger partial charge in [-0.15, -0.1) is 0 Å². The highest BCUT2D eigenvalue weighted by Gasteiger charge is 2.90. The van der Waals surface area contributed by atoms with Crippen LogP contribution in [0, 0.1) is 46.0 Å². The van der Waals surface area contributed by atoms with E-state index in [0.717, 1.165) is 29.4 Å². The molecular formula is C48H48F2N4O8Si. The molecule has 326 valence electrons. The molecule has 1 amide bonds. The second kappa shape index (κ2) is 15.9. The monoisotopic (exact) mass is 874 g/mol. The van der Waals surface area contributed by atoms with Gasteiger partial charge in [0.2, 0.25) is 11.3 Å². The molecular weight excluding hydrogens is 827 g/mol. The number of ketones is 1. The molecule has 4 N–H and O–H groups in total. The standard InChI is InChI=1S/C22H20FN3O3.C22H19FO5.C4H9NSi/c23-22(19(25)27)17-18(22)21(11-20(17,26)12-24)28-15(13-7-3-1-4-8-13)16(29-21)14-9-5-2-6-10-14;1-26-20(25)22(23)16-15(24)12-21(19(16)22)27-17(13-8-4-2-5-9-13)18(28-21)14-10-6-3-7-11-14;1-6(2,3)4-5/h1-10,15-18H,11,26H2,(H2,25,27);2-11,16-19H,12H2,1H3;1-3H3/t15-,16-,17+,18-,20+,22-;16-,17-,18-,19-,22-;/m00./s1. The molecule has 0 aromatic heterocycles. The zero-order chi connectivity index (χ0) is 45.2. The minimum absolute atomic E-state index is 0.0303. The van der Waals surface area contributed by atoms with Gasteiger partial charge in [0.1, 0.15) is 35.7 Å². The third-order valence-electron chi connectivity index (χ3n) is 12.9. The molecule has 4 aromatic carbocycles. The van der Waals surface area contributed by atoms with Gasteiger partial charge < -0.3 is 35.2 Å². The van der Waals surface area contributed by atoms with E-state index in [9.17, 15) is 19.6 Å². The maximum absolute atomic E-state index is 15.5. The highest BCUT2D eigenvalue weighted by Crippen LogP contribution is 2.75. The van der Waals surface area contributed by atoms with Crippen LogP contribution in [0.3, 0.4) is 0 Å². The maximum Gasteiger partial charge on any atom is 0.344 e. The summed E-state index contributed by atoms with van der Waals surface area (Å²) in [6.45, 7) is 6.06. The number of nitrogens with zero attached hydrogens (tertiary/aromatic N) is 2. The van der Waals surface area contributed by atoms with Crippen molar-refractivity contribution >= 4 is 25.7 Å². The van der Waals surface area contributed by atoms with Crippen molar-refractivity contribution in [3.63, 3.8) is 0 Å². The molecule has 4 saturated carbocycles. The van der Waals surface area contributed by atoms with Gasteiger partial charge in [-0.25, -0.2) is 18.8 Å². The Balaban J connectivity index is 0.000000153. The van der Waals surface area contributed by atoms with Crippen LogP contribution in [0.25, 0.3) is 0 Å². The lowest BCUT2D eigenvalue weighted by Gasteiger charge is -2.31. The number of esters is 1. The SMILES string of the molecule is COC(=O)[C@]1(F)[C@H]2C(=O)CC3(O[C@@H](c4ccccc4)[C@H](c4ccccc4)O3)[C@H]21.C[Si](C)(C)C#N.N#C[C@]1(N)CC2(O[C@@H](c3ccccc3)[C@H](c3ccccc3)O2)[C@@H]2[C@H]1[C@@]2(F)C(N)=O. The number of alkyl halides is 2. The summed E-state index contributed by atoms with van der Waals surface area (Å²) in [7, 11) is -0.210. The number of amides is 1. The van der Waals surface area contributed by atoms with E-state index in [1.54, 1.807) is 0 Å². The van der Waals surface area contributed by atoms with E-state index < -0.39 is 96.5 Å². The minimum atomic E-state index is -2.42. The summed E-state index contributed by atoms with van der Waals surface area (Å²) in [5, 5.41) is 17.9. The molecule has 6 fully saturated rings. The van der Waals surface area contributed by atoms with Crippen molar-refractivity contribution < 1.29 is 46.8 Å². The van der Waals surface area contributed by atoms with E-state index in [1.165, 1.54) is 0 Å². The van der Waals surface area contributed by atoms with Crippen molar-refractivity contribution in [3.05, 3.63) is 144 Å². The number of rotatable bonds is 6. The molecule has 0 bridgehead atoms. The Labute approximate surface area is 365 Å². The summed E-state index contributed by atoms with van der Waals surface area (Å²) in [4.78, 5) is 36.4. The highest BCUT2D eigenvalue weighted by molar-refractivity contribution is 6.83. The number of hydrogen-bond donors (Lipinski definition) is 2. The van der Waals surface area contributed by atoms with Gasteiger partial charge in [0.05, 0.1) is 37.4 Å².